The highest BCUT2D eigenvalue weighted by molar-refractivity contribution is 6.50. The van der Waals surface area contributed by atoms with Gasteiger partial charge in [0, 0.05) is 13.5 Å². The molecule has 7 heteroatoms. The third-order valence-electron chi connectivity index (χ3n) is 1.32. The molecule has 1 rings (SSSR count). The summed E-state index contributed by atoms with van der Waals surface area (Å²) < 4.78 is 41.2. The van der Waals surface area contributed by atoms with E-state index >= 15 is 0 Å². The quantitative estimate of drug-likeness (QED) is 0.366. The van der Waals surface area contributed by atoms with Crippen molar-refractivity contribution in [3.63, 3.8) is 0 Å². The first kappa shape index (κ1) is 13.0. The maximum atomic E-state index is 9.75. The molecular weight excluding hydrogens is 199 g/mol. The summed E-state index contributed by atoms with van der Waals surface area (Å²) in [6, 6.07) is 0. The Kier molecular flexibility index (Phi) is 5.26. The molecule has 0 aromatic rings. The lowest BCUT2D eigenvalue weighted by Gasteiger charge is -1.98. The Labute approximate surface area is 80.6 Å². The number of hydrogen-bond donors (Lipinski definition) is 0. The zero-order valence-electron chi connectivity index (χ0n) is 8.13. The first-order chi connectivity index (χ1) is 6.33. The van der Waals surface area contributed by atoms with Crippen molar-refractivity contribution in [1.82, 2.24) is 4.90 Å². The summed E-state index contributed by atoms with van der Waals surface area (Å²) in [5.41, 5.74) is 0. The van der Waals surface area contributed by atoms with Crippen LogP contribution in [0.3, 0.4) is 0 Å². The lowest BCUT2D eigenvalue weighted by atomic mass is 10.3. The van der Waals surface area contributed by atoms with Crippen LogP contribution in [0.4, 0.5) is 17.3 Å². The molecule has 0 bridgehead atoms. The van der Waals surface area contributed by atoms with Gasteiger partial charge >= 0.3 is 7.25 Å². The first-order valence-electron chi connectivity index (χ1n) is 4.18. The summed E-state index contributed by atoms with van der Waals surface area (Å²) >= 11 is 0. The minimum absolute atomic E-state index is 1.01. The van der Waals surface area contributed by atoms with Crippen molar-refractivity contribution >= 4 is 13.5 Å². The summed E-state index contributed by atoms with van der Waals surface area (Å²) in [5.74, 6) is 0. The van der Waals surface area contributed by atoms with Crippen LogP contribution in [0.25, 0.3) is 0 Å². The molecule has 82 valence electrons. The minimum Gasteiger partial charge on any atom is -0.418 e. The van der Waals surface area contributed by atoms with Crippen molar-refractivity contribution in [3.05, 3.63) is 12.4 Å². The van der Waals surface area contributed by atoms with Crippen molar-refractivity contribution in [2.24, 2.45) is 0 Å². The maximum absolute atomic E-state index is 9.75. The van der Waals surface area contributed by atoms with Gasteiger partial charge in [-0.2, -0.15) is 4.58 Å². The van der Waals surface area contributed by atoms with Crippen LogP contribution in [0.1, 0.15) is 13.3 Å². The third-order valence-corrected chi connectivity index (χ3v) is 1.32. The summed E-state index contributed by atoms with van der Waals surface area (Å²) in [4.78, 5) is 2.14. The molecule has 0 aliphatic carbocycles. The predicted molar refractivity (Wildman–Crippen MR) is 48.6 cm³/mol. The zero-order valence-corrected chi connectivity index (χ0v) is 8.13. The molecule has 2 nitrogen and oxygen atoms in total. The van der Waals surface area contributed by atoms with Crippen molar-refractivity contribution in [1.29, 1.82) is 0 Å². The van der Waals surface area contributed by atoms with Crippen molar-refractivity contribution in [2.75, 3.05) is 13.7 Å². The van der Waals surface area contributed by atoms with Gasteiger partial charge in [-0.3, -0.25) is 0 Å². The Hall–Kier alpha value is -1.01. The van der Waals surface area contributed by atoms with Crippen LogP contribution < -0.4 is 0 Å². The van der Waals surface area contributed by atoms with E-state index in [2.05, 4.69) is 42.1 Å². The van der Waals surface area contributed by atoms with Gasteiger partial charge < -0.3 is 22.2 Å². The molecule has 0 saturated heterocycles. The molecule has 0 radical (unpaired) electrons. The van der Waals surface area contributed by atoms with E-state index < -0.39 is 7.25 Å². The maximum Gasteiger partial charge on any atom is 0.673 e. The average Bonchev–Trinajstić information content (AvgIpc) is 2.32. The lowest BCUT2D eigenvalue weighted by molar-refractivity contribution is -0.458. The van der Waals surface area contributed by atoms with Crippen LogP contribution in [0.15, 0.2) is 12.4 Å². The van der Waals surface area contributed by atoms with E-state index in [1.165, 1.54) is 0 Å². The first-order valence-corrected chi connectivity index (χ1v) is 4.18. The van der Waals surface area contributed by atoms with Crippen LogP contribution in [0.5, 0.6) is 0 Å². The second-order valence-corrected chi connectivity index (χ2v) is 2.80. The second kappa shape index (κ2) is 5.67. The highest BCUT2D eigenvalue weighted by atomic mass is 19.5. The van der Waals surface area contributed by atoms with E-state index in [-0.39, 0.29) is 0 Å². The van der Waals surface area contributed by atoms with Crippen LogP contribution in [-0.4, -0.2) is 36.7 Å². The van der Waals surface area contributed by atoms with E-state index in [1.54, 1.807) is 0 Å². The van der Waals surface area contributed by atoms with Gasteiger partial charge in [-0.1, -0.05) is 6.92 Å². The molecule has 0 unspecified atom stereocenters. The SMILES string of the molecule is CCC=[N+]1C=CN(C)C1.F[B-](F)(F)F. The summed E-state index contributed by atoms with van der Waals surface area (Å²) in [6.45, 7) is 3.15. The number of nitrogens with zero attached hydrogens (tertiary/aromatic N) is 2. The molecule has 0 spiro atoms. The number of rotatable bonds is 1. The molecule has 0 amide bonds. The van der Waals surface area contributed by atoms with Crippen LogP contribution in [0, 0.1) is 0 Å². The van der Waals surface area contributed by atoms with Crippen LogP contribution in [0.2, 0.25) is 0 Å². The van der Waals surface area contributed by atoms with E-state index in [0.717, 1.165) is 13.1 Å². The molecule has 1 heterocycles. The summed E-state index contributed by atoms with van der Waals surface area (Å²) in [7, 11) is -3.93. The molecule has 1 aliphatic heterocycles. The smallest absolute Gasteiger partial charge is 0.418 e. The molecule has 14 heavy (non-hydrogen) atoms. The second-order valence-electron chi connectivity index (χ2n) is 2.80. The Balaban J connectivity index is 0.000000292. The van der Waals surface area contributed by atoms with Gasteiger partial charge in [-0.15, -0.1) is 0 Å². The molecule has 0 saturated carbocycles. The fourth-order valence-corrected chi connectivity index (χ4v) is 0.904. The van der Waals surface area contributed by atoms with Gasteiger partial charge in [0.2, 0.25) is 6.67 Å². The highest BCUT2D eigenvalue weighted by Crippen LogP contribution is 2.06. The molecule has 0 atom stereocenters. The Morgan fingerprint density at radius 2 is 1.93 bits per heavy atom. The van der Waals surface area contributed by atoms with E-state index in [4.69, 9.17) is 0 Å². The van der Waals surface area contributed by atoms with Gasteiger partial charge in [-0.25, -0.2) is 0 Å². The summed E-state index contributed by atoms with van der Waals surface area (Å²) in [5, 5.41) is 0. The normalized spacial score (nSPS) is 18.4. The number of hydrogen-bond acceptors (Lipinski definition) is 1. The molecule has 0 fully saturated rings. The van der Waals surface area contributed by atoms with Crippen molar-refractivity contribution < 1.29 is 21.8 Å². The van der Waals surface area contributed by atoms with E-state index in [9.17, 15) is 17.3 Å². The lowest BCUT2D eigenvalue weighted by Crippen LogP contribution is -2.14. The molecular formula is C7H13BF4N2. The molecule has 0 aromatic heterocycles. The molecule has 0 N–H and O–H groups in total. The standard InChI is InChI=1S/C7H13N2.BF4/c1-3-4-9-6-5-8(2)7-9;2-1(3,4)5/h4-6H,3,7H2,1-2H3;/q+1;-1. The van der Waals surface area contributed by atoms with E-state index in [1.807, 2.05) is 0 Å². The monoisotopic (exact) mass is 212 g/mol. The van der Waals surface area contributed by atoms with Crippen LogP contribution >= 0.6 is 0 Å². The van der Waals surface area contributed by atoms with Crippen molar-refractivity contribution in [3.8, 4) is 0 Å². The predicted octanol–water partition coefficient (Wildman–Crippen LogP) is 2.15. The van der Waals surface area contributed by atoms with Crippen LogP contribution in [-0.2, 0) is 0 Å². The average molecular weight is 212 g/mol. The van der Waals surface area contributed by atoms with Gasteiger partial charge in [0.05, 0.1) is 6.20 Å². The highest BCUT2D eigenvalue weighted by Gasteiger charge is 2.20. The minimum atomic E-state index is -6.00. The topological polar surface area (TPSA) is 6.25 Å². The van der Waals surface area contributed by atoms with Gasteiger partial charge in [0.25, 0.3) is 0 Å². The zero-order chi connectivity index (χ0) is 11.2. The fourth-order valence-electron chi connectivity index (χ4n) is 0.904. The van der Waals surface area contributed by atoms with Gasteiger partial charge in [0.15, 0.2) is 6.20 Å². The van der Waals surface area contributed by atoms with Gasteiger partial charge in [-0.05, 0) is 0 Å². The molecule has 1 aliphatic rings. The Bertz CT molecular complexity index is 218. The fraction of sp³-hybridized carbons (Fsp3) is 0.571. The third kappa shape index (κ3) is 9.09. The van der Waals surface area contributed by atoms with Crippen molar-refractivity contribution in [2.45, 2.75) is 13.3 Å². The summed E-state index contributed by atoms with van der Waals surface area (Å²) in [6.07, 6.45) is 7.45. The Morgan fingerprint density at radius 1 is 1.43 bits per heavy atom. The van der Waals surface area contributed by atoms with E-state index in [0.29, 0.717) is 0 Å². The Morgan fingerprint density at radius 3 is 2.21 bits per heavy atom. The largest absolute Gasteiger partial charge is 0.673 e. The number of halogens is 4. The molecule has 0 aromatic carbocycles. The van der Waals surface area contributed by atoms with Gasteiger partial charge in [0.1, 0.15) is 6.21 Å².